The van der Waals surface area contributed by atoms with Crippen molar-refractivity contribution in [2.24, 2.45) is 23.7 Å². The number of aliphatic hydroxyl groups excluding tert-OH is 1. The lowest BCUT2D eigenvalue weighted by Gasteiger charge is -2.21. The van der Waals surface area contributed by atoms with Gasteiger partial charge in [0.05, 0.1) is 26.4 Å². The Kier molecular flexibility index (Phi) is 72.5. The van der Waals surface area contributed by atoms with Crippen LogP contribution < -0.4 is 0 Å². The topological polar surface area (TPSA) is 237 Å². The van der Waals surface area contributed by atoms with Crippen molar-refractivity contribution in [2.75, 3.05) is 39.6 Å². The smallest absolute Gasteiger partial charge is 0.462 e. The van der Waals surface area contributed by atoms with Gasteiger partial charge in [0, 0.05) is 25.7 Å². The highest BCUT2D eigenvalue weighted by atomic mass is 31.2. The molecular formula is C85H166O17P2. The number of hydrogen-bond donors (Lipinski definition) is 3. The Morgan fingerprint density at radius 1 is 0.269 bits per heavy atom. The lowest BCUT2D eigenvalue weighted by Crippen LogP contribution is -2.30. The number of ether oxygens (including phenoxy) is 4. The van der Waals surface area contributed by atoms with Crippen LogP contribution in [0.5, 0.6) is 0 Å². The van der Waals surface area contributed by atoms with Crippen molar-refractivity contribution in [3.63, 3.8) is 0 Å². The fraction of sp³-hybridized carbons (Fsp3) is 0.953. The van der Waals surface area contributed by atoms with E-state index in [1.54, 1.807) is 0 Å². The molecule has 0 radical (unpaired) electrons. The minimum absolute atomic E-state index is 0.104. The average Bonchev–Trinajstić information content (AvgIpc) is 0.905. The Labute approximate surface area is 638 Å². The first-order chi connectivity index (χ1) is 50.1. The van der Waals surface area contributed by atoms with E-state index in [0.29, 0.717) is 31.6 Å². The first-order valence-electron chi connectivity index (χ1n) is 43.7. The van der Waals surface area contributed by atoms with Crippen molar-refractivity contribution in [3.8, 4) is 0 Å². The number of hydrogen-bond acceptors (Lipinski definition) is 15. The summed E-state index contributed by atoms with van der Waals surface area (Å²) in [6.07, 6.45) is 62.8. The average molecular weight is 1520 g/mol. The van der Waals surface area contributed by atoms with E-state index in [4.69, 9.17) is 37.0 Å². The maximum atomic E-state index is 13.1. The molecule has 0 aromatic heterocycles. The Bertz CT molecular complexity index is 2030. The van der Waals surface area contributed by atoms with Crippen LogP contribution in [0.4, 0.5) is 0 Å². The van der Waals surface area contributed by atoms with Crippen molar-refractivity contribution in [2.45, 2.75) is 459 Å². The Morgan fingerprint density at radius 3 is 0.683 bits per heavy atom. The van der Waals surface area contributed by atoms with E-state index < -0.39 is 97.5 Å². The van der Waals surface area contributed by atoms with E-state index in [-0.39, 0.29) is 25.7 Å². The van der Waals surface area contributed by atoms with Gasteiger partial charge in [0.25, 0.3) is 0 Å². The molecule has 0 saturated carbocycles. The van der Waals surface area contributed by atoms with Gasteiger partial charge in [0.1, 0.15) is 19.3 Å². The molecule has 0 aromatic carbocycles. The van der Waals surface area contributed by atoms with Gasteiger partial charge in [-0.1, -0.05) is 389 Å². The predicted molar refractivity (Wildman–Crippen MR) is 428 cm³/mol. The quantitative estimate of drug-likeness (QED) is 0.0222. The molecule has 618 valence electrons. The van der Waals surface area contributed by atoms with E-state index >= 15 is 0 Å². The van der Waals surface area contributed by atoms with Gasteiger partial charge < -0.3 is 33.8 Å². The number of phosphoric acid groups is 2. The van der Waals surface area contributed by atoms with Crippen LogP contribution in [0.3, 0.4) is 0 Å². The van der Waals surface area contributed by atoms with E-state index in [0.717, 1.165) is 114 Å². The molecule has 0 spiro atoms. The summed E-state index contributed by atoms with van der Waals surface area (Å²) in [5, 5.41) is 10.7. The second kappa shape index (κ2) is 73.8. The number of carbonyl (C=O) groups excluding carboxylic acids is 4. The van der Waals surface area contributed by atoms with Gasteiger partial charge in [0.2, 0.25) is 0 Å². The molecule has 4 unspecified atom stereocenters. The lowest BCUT2D eigenvalue weighted by atomic mass is 9.99. The van der Waals surface area contributed by atoms with Crippen LogP contribution in [0.15, 0.2) is 0 Å². The SMILES string of the molecule is CCC(C)CCCCCCCCCCCCCCCCCCCCC(=O)OC[C@H](COP(=O)(O)OCC(O)COP(=O)(O)OC[C@@H](COC(=O)CCCCCCCCCC(C)C)OC(=O)CCCCCCCCCCC(C)C)OC(=O)CCCCCCCCCCCCCCCCCCCCC(C)C. The van der Waals surface area contributed by atoms with Crippen LogP contribution in [0.1, 0.15) is 441 Å². The van der Waals surface area contributed by atoms with Crippen LogP contribution >= 0.6 is 15.6 Å². The standard InChI is InChI=1S/C85H166O17P2/c1-9-78(8)64-56-48-40-31-27-23-19-15-11-13-16-20-24-28-32-41-49-57-65-82(87)95-71-80(101-84(89)67-59-51-42-33-29-25-21-17-12-10-14-18-22-26-30-37-45-53-61-75(2)3)73-99-103(91,92)97-69-79(86)70-98-104(93,94)100-74-81(72-96-83(88)66-58-50-44-36-39-47-55-63-77(6)7)102-85(90)68-60-52-43-35-34-38-46-54-62-76(4)5/h75-81,86H,9-74H2,1-8H3,(H,91,92)(H,93,94)/t78?,79?,80-,81-/m1/s1. The first kappa shape index (κ1) is 102. The van der Waals surface area contributed by atoms with Gasteiger partial charge in [-0.05, 0) is 49.4 Å². The summed E-state index contributed by atoms with van der Waals surface area (Å²) in [6.45, 7) is 14.3. The van der Waals surface area contributed by atoms with Gasteiger partial charge >= 0.3 is 39.5 Å². The second-order valence-electron chi connectivity index (χ2n) is 32.2. The minimum Gasteiger partial charge on any atom is -0.462 e. The molecule has 17 nitrogen and oxygen atoms in total. The number of phosphoric ester groups is 2. The van der Waals surface area contributed by atoms with Crippen LogP contribution in [0.2, 0.25) is 0 Å². The molecule has 0 saturated heterocycles. The van der Waals surface area contributed by atoms with Crippen molar-refractivity contribution in [1.82, 2.24) is 0 Å². The fourth-order valence-corrected chi connectivity index (χ4v) is 14.7. The Balaban J connectivity index is 5.19. The van der Waals surface area contributed by atoms with Crippen molar-refractivity contribution >= 4 is 39.5 Å². The van der Waals surface area contributed by atoms with Crippen LogP contribution in [0, 0.1) is 23.7 Å². The fourth-order valence-electron chi connectivity index (χ4n) is 13.1. The molecule has 0 aliphatic heterocycles. The molecule has 0 rings (SSSR count). The third-order valence-corrected chi connectivity index (χ3v) is 22.1. The molecule has 0 aliphatic rings. The number of rotatable bonds is 82. The number of carbonyl (C=O) groups is 4. The maximum Gasteiger partial charge on any atom is 0.472 e. The molecule has 3 N–H and O–H groups in total. The van der Waals surface area contributed by atoms with Crippen LogP contribution in [-0.4, -0.2) is 96.7 Å². The Morgan fingerprint density at radius 2 is 0.462 bits per heavy atom. The second-order valence-corrected chi connectivity index (χ2v) is 35.2. The van der Waals surface area contributed by atoms with E-state index in [1.807, 2.05) is 0 Å². The molecule has 0 amide bonds. The van der Waals surface area contributed by atoms with Gasteiger partial charge in [-0.15, -0.1) is 0 Å². The normalized spacial score (nSPS) is 14.2. The molecule has 104 heavy (non-hydrogen) atoms. The van der Waals surface area contributed by atoms with Crippen molar-refractivity contribution in [1.29, 1.82) is 0 Å². The number of esters is 4. The van der Waals surface area contributed by atoms with Gasteiger partial charge in [-0.3, -0.25) is 37.3 Å². The van der Waals surface area contributed by atoms with E-state index in [2.05, 4.69) is 55.4 Å². The predicted octanol–water partition coefficient (Wildman–Crippen LogP) is 25.6. The van der Waals surface area contributed by atoms with Crippen molar-refractivity contribution < 1.29 is 80.2 Å². The number of unbranched alkanes of at least 4 members (excludes halogenated alkanes) is 47. The van der Waals surface area contributed by atoms with Crippen LogP contribution in [0.25, 0.3) is 0 Å². The maximum absolute atomic E-state index is 13.1. The summed E-state index contributed by atoms with van der Waals surface area (Å²) in [7, 11) is -9.92. The summed E-state index contributed by atoms with van der Waals surface area (Å²) in [5.74, 6) is 1.00. The molecule has 0 fully saturated rings. The summed E-state index contributed by atoms with van der Waals surface area (Å²) in [6, 6.07) is 0. The summed E-state index contributed by atoms with van der Waals surface area (Å²) in [5.41, 5.74) is 0. The zero-order valence-corrected chi connectivity index (χ0v) is 70.5. The largest absolute Gasteiger partial charge is 0.472 e. The van der Waals surface area contributed by atoms with Crippen LogP contribution in [-0.2, 0) is 65.4 Å². The minimum atomic E-state index is -4.97. The third kappa shape index (κ3) is 76.8. The molecule has 0 bridgehead atoms. The molecular weight excluding hydrogens is 1350 g/mol. The van der Waals surface area contributed by atoms with Gasteiger partial charge in [-0.25, -0.2) is 9.13 Å². The molecule has 0 heterocycles. The molecule has 19 heteroatoms. The van der Waals surface area contributed by atoms with Gasteiger partial charge in [-0.2, -0.15) is 0 Å². The third-order valence-electron chi connectivity index (χ3n) is 20.2. The molecule has 0 aliphatic carbocycles. The Hall–Kier alpha value is -1.94. The first-order valence-corrected chi connectivity index (χ1v) is 46.7. The zero-order chi connectivity index (χ0) is 76.7. The van der Waals surface area contributed by atoms with Crippen molar-refractivity contribution in [3.05, 3.63) is 0 Å². The van der Waals surface area contributed by atoms with E-state index in [1.165, 1.54) is 238 Å². The van der Waals surface area contributed by atoms with E-state index in [9.17, 15) is 43.2 Å². The summed E-state index contributed by atoms with van der Waals surface area (Å²) in [4.78, 5) is 73.1. The summed E-state index contributed by atoms with van der Waals surface area (Å²) >= 11 is 0. The lowest BCUT2D eigenvalue weighted by molar-refractivity contribution is -0.161. The number of aliphatic hydroxyl groups is 1. The monoisotopic (exact) mass is 1520 g/mol. The highest BCUT2D eigenvalue weighted by molar-refractivity contribution is 7.47. The highest BCUT2D eigenvalue weighted by Crippen LogP contribution is 2.45. The molecule has 0 aromatic rings. The highest BCUT2D eigenvalue weighted by Gasteiger charge is 2.30. The van der Waals surface area contributed by atoms with Gasteiger partial charge in [0.15, 0.2) is 12.2 Å². The molecule has 6 atom stereocenters. The summed E-state index contributed by atoms with van der Waals surface area (Å²) < 4.78 is 68.8. The zero-order valence-electron chi connectivity index (χ0n) is 68.7.